The molecule has 26 heavy (non-hydrogen) atoms. The fourth-order valence-electron chi connectivity index (χ4n) is 2.76. The lowest BCUT2D eigenvalue weighted by Gasteiger charge is -2.04. The van der Waals surface area contributed by atoms with Gasteiger partial charge in [-0.25, -0.2) is 13.4 Å². The Morgan fingerprint density at radius 2 is 1.77 bits per heavy atom. The summed E-state index contributed by atoms with van der Waals surface area (Å²) in [5.41, 5.74) is 3.26. The minimum atomic E-state index is -3.50. The third kappa shape index (κ3) is 2.99. The molecule has 7 nitrogen and oxygen atoms in total. The minimum absolute atomic E-state index is 0.0135. The Morgan fingerprint density at radius 3 is 2.50 bits per heavy atom. The highest BCUT2D eigenvalue weighted by molar-refractivity contribution is 7.90. The van der Waals surface area contributed by atoms with E-state index in [0.717, 1.165) is 17.4 Å². The van der Waals surface area contributed by atoms with Gasteiger partial charge in [-0.2, -0.15) is 4.98 Å². The van der Waals surface area contributed by atoms with Crippen molar-refractivity contribution in [3.63, 3.8) is 0 Å². The van der Waals surface area contributed by atoms with Crippen LogP contribution in [0.4, 0.5) is 0 Å². The number of hydrogen-bond acceptors (Lipinski definition) is 6. The first-order valence-corrected chi connectivity index (χ1v) is 9.86. The number of aryl methyl sites for hydroxylation is 1. The van der Waals surface area contributed by atoms with Crippen molar-refractivity contribution in [1.29, 1.82) is 0 Å². The van der Waals surface area contributed by atoms with Crippen LogP contribution >= 0.6 is 0 Å². The zero-order valence-electron chi connectivity index (χ0n) is 14.2. The molecule has 0 saturated heterocycles. The summed E-state index contributed by atoms with van der Waals surface area (Å²) in [5.74, 6) is 0.777. The second-order valence-corrected chi connectivity index (χ2v) is 8.03. The predicted octanol–water partition coefficient (Wildman–Crippen LogP) is 2.85. The van der Waals surface area contributed by atoms with E-state index in [0.29, 0.717) is 22.7 Å². The molecule has 0 aliphatic carbocycles. The van der Waals surface area contributed by atoms with E-state index in [1.54, 1.807) is 10.6 Å². The molecule has 8 heteroatoms. The van der Waals surface area contributed by atoms with Crippen molar-refractivity contribution in [3.05, 3.63) is 59.9 Å². The van der Waals surface area contributed by atoms with Gasteiger partial charge in [0.05, 0.1) is 17.6 Å². The van der Waals surface area contributed by atoms with Crippen LogP contribution < -0.4 is 0 Å². The van der Waals surface area contributed by atoms with E-state index in [1.165, 1.54) is 0 Å². The van der Waals surface area contributed by atoms with Gasteiger partial charge in [0.1, 0.15) is 0 Å². The van der Waals surface area contributed by atoms with Gasteiger partial charge in [-0.1, -0.05) is 35.0 Å². The van der Waals surface area contributed by atoms with Crippen molar-refractivity contribution < 1.29 is 12.9 Å². The fourth-order valence-corrected chi connectivity index (χ4v) is 3.59. The molecule has 0 atom stereocenters. The van der Waals surface area contributed by atoms with E-state index in [1.807, 2.05) is 49.4 Å². The summed E-state index contributed by atoms with van der Waals surface area (Å²) in [6.45, 7) is 2.15. The van der Waals surface area contributed by atoms with Gasteiger partial charge in [0.2, 0.25) is 15.0 Å². The second-order valence-electron chi connectivity index (χ2n) is 6.12. The molecule has 2 heterocycles. The molecule has 2 aromatic carbocycles. The first-order valence-electron chi connectivity index (χ1n) is 7.97. The molecular weight excluding hydrogens is 352 g/mol. The molecule has 132 valence electrons. The summed E-state index contributed by atoms with van der Waals surface area (Å²) in [4.78, 5) is 8.64. The molecule has 0 fully saturated rings. The minimum Gasteiger partial charge on any atom is -0.334 e. The van der Waals surface area contributed by atoms with Crippen LogP contribution in [-0.2, 0) is 16.4 Å². The number of fused-ring (bicyclic) bond motifs is 1. The number of hydrogen-bond donors (Lipinski definition) is 0. The maximum atomic E-state index is 12.1. The molecule has 4 rings (SSSR count). The Hall–Kier alpha value is -3.00. The van der Waals surface area contributed by atoms with Crippen LogP contribution in [0.5, 0.6) is 0 Å². The van der Waals surface area contributed by atoms with Crippen LogP contribution in [0.1, 0.15) is 11.4 Å². The Balaban J connectivity index is 1.75. The molecule has 2 aromatic heterocycles. The number of aromatic nitrogens is 4. The lowest BCUT2D eigenvalue weighted by atomic mass is 10.1. The number of rotatable bonds is 4. The molecule has 0 aliphatic rings. The van der Waals surface area contributed by atoms with Crippen molar-refractivity contribution in [1.82, 2.24) is 19.7 Å². The predicted molar refractivity (Wildman–Crippen MR) is 96.4 cm³/mol. The Morgan fingerprint density at radius 1 is 1.04 bits per heavy atom. The van der Waals surface area contributed by atoms with Crippen LogP contribution in [0.15, 0.2) is 58.2 Å². The Labute approximate surface area is 150 Å². The number of sulfone groups is 1. The number of para-hydroxylation sites is 2. The van der Waals surface area contributed by atoms with Gasteiger partial charge in [0.15, 0.2) is 5.82 Å². The van der Waals surface area contributed by atoms with Crippen LogP contribution in [0.25, 0.3) is 22.5 Å². The van der Waals surface area contributed by atoms with E-state index in [9.17, 15) is 8.42 Å². The molecule has 0 saturated carbocycles. The molecule has 0 amide bonds. The molecule has 0 N–H and O–H groups in total. The molecule has 0 bridgehead atoms. The highest BCUT2D eigenvalue weighted by atomic mass is 32.2. The molecule has 0 radical (unpaired) electrons. The van der Waals surface area contributed by atoms with Crippen molar-refractivity contribution in [2.75, 3.05) is 6.26 Å². The molecule has 0 spiro atoms. The monoisotopic (exact) mass is 368 g/mol. The summed E-state index contributed by atoms with van der Waals surface area (Å²) >= 11 is 0. The SMILES string of the molecule is Cc1ccc(-c2nc(Cn3c(S(C)(=O)=O)nc4ccccc43)no2)cc1. The van der Waals surface area contributed by atoms with Crippen LogP contribution in [0, 0.1) is 6.92 Å². The smallest absolute Gasteiger partial charge is 0.257 e. The van der Waals surface area contributed by atoms with Gasteiger partial charge in [-0.15, -0.1) is 0 Å². The van der Waals surface area contributed by atoms with Gasteiger partial charge in [0, 0.05) is 11.8 Å². The van der Waals surface area contributed by atoms with Gasteiger partial charge in [-0.3, -0.25) is 0 Å². The maximum absolute atomic E-state index is 12.1. The van der Waals surface area contributed by atoms with E-state index in [-0.39, 0.29) is 11.7 Å². The third-order valence-corrected chi connectivity index (χ3v) is 4.99. The first-order chi connectivity index (χ1) is 12.4. The number of benzene rings is 2. The topological polar surface area (TPSA) is 90.9 Å². The fraction of sp³-hybridized carbons (Fsp3) is 0.167. The molecule has 0 unspecified atom stereocenters. The van der Waals surface area contributed by atoms with Crippen molar-refractivity contribution in [2.24, 2.45) is 0 Å². The normalized spacial score (nSPS) is 11.9. The van der Waals surface area contributed by atoms with E-state index < -0.39 is 9.84 Å². The highest BCUT2D eigenvalue weighted by Gasteiger charge is 2.21. The molecule has 4 aromatic rings. The Kier molecular flexibility index (Phi) is 3.84. The second kappa shape index (κ2) is 6.06. The third-order valence-electron chi connectivity index (χ3n) is 4.02. The molecular formula is C18H16N4O3S. The van der Waals surface area contributed by atoms with E-state index in [4.69, 9.17) is 4.52 Å². The van der Waals surface area contributed by atoms with Crippen molar-refractivity contribution >= 4 is 20.9 Å². The first kappa shape index (κ1) is 16.5. The van der Waals surface area contributed by atoms with Crippen molar-refractivity contribution in [3.8, 4) is 11.5 Å². The number of imidazole rings is 1. The zero-order chi connectivity index (χ0) is 18.3. The van der Waals surface area contributed by atoms with E-state index in [2.05, 4.69) is 15.1 Å². The van der Waals surface area contributed by atoms with Gasteiger partial charge < -0.3 is 9.09 Å². The quantitative estimate of drug-likeness (QED) is 0.550. The van der Waals surface area contributed by atoms with Gasteiger partial charge >= 0.3 is 0 Å². The van der Waals surface area contributed by atoms with E-state index >= 15 is 0 Å². The summed E-state index contributed by atoms with van der Waals surface area (Å²) in [6, 6.07) is 15.0. The largest absolute Gasteiger partial charge is 0.334 e. The average molecular weight is 368 g/mol. The lowest BCUT2D eigenvalue weighted by Crippen LogP contribution is -2.11. The summed E-state index contributed by atoms with van der Waals surface area (Å²) < 4.78 is 31.2. The maximum Gasteiger partial charge on any atom is 0.257 e. The number of nitrogens with zero attached hydrogens (tertiary/aromatic N) is 4. The molecule has 0 aliphatic heterocycles. The van der Waals surface area contributed by atoms with Gasteiger partial charge in [0.25, 0.3) is 5.89 Å². The summed E-state index contributed by atoms with van der Waals surface area (Å²) in [6.07, 6.45) is 1.14. The zero-order valence-corrected chi connectivity index (χ0v) is 15.1. The van der Waals surface area contributed by atoms with Crippen LogP contribution in [0.2, 0.25) is 0 Å². The average Bonchev–Trinajstić information content (AvgIpc) is 3.21. The lowest BCUT2D eigenvalue weighted by molar-refractivity contribution is 0.419. The highest BCUT2D eigenvalue weighted by Crippen LogP contribution is 2.22. The van der Waals surface area contributed by atoms with Gasteiger partial charge in [-0.05, 0) is 31.2 Å². The summed E-state index contributed by atoms with van der Waals surface area (Å²) in [7, 11) is -3.50. The Bertz CT molecular complexity index is 1190. The van der Waals surface area contributed by atoms with Crippen LogP contribution in [0.3, 0.4) is 0 Å². The summed E-state index contributed by atoms with van der Waals surface area (Å²) in [5, 5.41) is 3.98. The standard InChI is InChI=1S/C18H16N4O3S/c1-12-7-9-13(10-8-12)17-20-16(21-25-17)11-22-15-6-4-3-5-14(15)19-18(22)26(2,23)24/h3-10H,11H2,1-2H3. The van der Waals surface area contributed by atoms with Crippen LogP contribution in [-0.4, -0.2) is 34.4 Å². The van der Waals surface area contributed by atoms with Crippen molar-refractivity contribution in [2.45, 2.75) is 18.6 Å².